The van der Waals surface area contributed by atoms with E-state index in [0.29, 0.717) is 32.8 Å². The van der Waals surface area contributed by atoms with Crippen LogP contribution < -0.4 is 10.5 Å². The van der Waals surface area contributed by atoms with E-state index in [9.17, 15) is 9.59 Å². The van der Waals surface area contributed by atoms with Crippen molar-refractivity contribution in [3.63, 3.8) is 0 Å². The number of carbonyl (C=O) groups excluding carboxylic acids is 1. The Kier molecular flexibility index (Phi) is 9.34. The highest BCUT2D eigenvalue weighted by Crippen LogP contribution is 2.34. The predicted octanol–water partition coefficient (Wildman–Crippen LogP) is 5.50. The van der Waals surface area contributed by atoms with Crippen LogP contribution in [0.3, 0.4) is 0 Å². The molecular weight excluding hydrogens is 539 g/mol. The molecule has 0 aliphatic carbocycles. The third-order valence-corrected chi connectivity index (χ3v) is 8.92. The molecule has 0 atom stereocenters. The van der Waals surface area contributed by atoms with Gasteiger partial charge in [0.2, 0.25) is 0 Å². The molecule has 0 saturated carbocycles. The lowest BCUT2D eigenvalue weighted by Crippen LogP contribution is -2.47. The number of pyridine rings is 1. The number of thioether (sulfide) groups is 1. The number of benzene rings is 1. The van der Waals surface area contributed by atoms with Crippen LogP contribution in [-0.4, -0.2) is 62.1 Å². The number of unbranched alkanes of at least 4 members (excludes halogenated alkanes) is 4. The molecule has 210 valence electrons. The van der Waals surface area contributed by atoms with E-state index in [2.05, 4.69) is 41.0 Å². The first-order valence-corrected chi connectivity index (χ1v) is 15.5. The summed E-state index contributed by atoms with van der Waals surface area (Å²) in [6, 6.07) is 14.3. The number of anilines is 1. The molecule has 7 nitrogen and oxygen atoms in total. The average Bonchev–Trinajstić information content (AvgIpc) is 3.23. The number of piperazine rings is 1. The number of hydrogen-bond donors (Lipinski definition) is 0. The number of rotatable bonds is 10. The predicted molar refractivity (Wildman–Crippen MR) is 169 cm³/mol. The average molecular weight is 576 g/mol. The molecule has 40 heavy (non-hydrogen) atoms. The van der Waals surface area contributed by atoms with E-state index >= 15 is 0 Å². The zero-order valence-corrected chi connectivity index (χ0v) is 25.0. The number of carbonyl (C=O) groups is 1. The van der Waals surface area contributed by atoms with Crippen LogP contribution in [0.2, 0.25) is 0 Å². The summed E-state index contributed by atoms with van der Waals surface area (Å²) >= 11 is 6.86. The van der Waals surface area contributed by atoms with Gasteiger partial charge in [0, 0.05) is 45.5 Å². The smallest absolute Gasteiger partial charge is 0.267 e. The molecular formula is C31H37N5O2S2. The van der Waals surface area contributed by atoms with Gasteiger partial charge >= 0.3 is 0 Å². The summed E-state index contributed by atoms with van der Waals surface area (Å²) in [5, 5.41) is 0. The van der Waals surface area contributed by atoms with Crippen LogP contribution in [0.1, 0.15) is 55.7 Å². The first-order valence-electron chi connectivity index (χ1n) is 14.2. The lowest BCUT2D eigenvalue weighted by Gasteiger charge is -2.36. The summed E-state index contributed by atoms with van der Waals surface area (Å²) in [4.78, 5) is 39.0. The van der Waals surface area contributed by atoms with Gasteiger partial charge in [0.1, 0.15) is 15.8 Å². The van der Waals surface area contributed by atoms with Crippen LogP contribution in [0, 0.1) is 6.92 Å². The maximum absolute atomic E-state index is 13.9. The van der Waals surface area contributed by atoms with Gasteiger partial charge in [-0.25, -0.2) is 4.98 Å². The van der Waals surface area contributed by atoms with Crippen LogP contribution in [0.15, 0.2) is 58.4 Å². The molecule has 0 radical (unpaired) electrons. The normalized spacial score (nSPS) is 17.5. The Labute approximate surface area is 245 Å². The summed E-state index contributed by atoms with van der Waals surface area (Å²) in [7, 11) is 0. The summed E-state index contributed by atoms with van der Waals surface area (Å²) in [6.07, 6.45) is 9.11. The Balaban J connectivity index is 1.40. The van der Waals surface area contributed by atoms with Crippen LogP contribution in [-0.2, 0) is 11.3 Å². The van der Waals surface area contributed by atoms with E-state index in [1.165, 1.54) is 36.6 Å². The van der Waals surface area contributed by atoms with Crippen molar-refractivity contribution in [2.75, 3.05) is 37.6 Å². The second-order valence-electron chi connectivity index (χ2n) is 10.6. The van der Waals surface area contributed by atoms with E-state index in [1.54, 1.807) is 15.4 Å². The standard InChI is InChI=1S/C31H37N5O2S2/c1-3-4-5-6-10-15-35-30(38)26(40-31(35)39)20-25-28(32-27-14-13-23(2)21-36(27)29(25)37)34-18-16-33(17-19-34)22-24-11-8-7-9-12-24/h7-9,11-14,20-21H,3-6,10,15-19,22H2,1-2H3/b26-20+. The minimum absolute atomic E-state index is 0.113. The number of amides is 1. The van der Waals surface area contributed by atoms with Gasteiger partial charge in [0.15, 0.2) is 0 Å². The highest BCUT2D eigenvalue weighted by molar-refractivity contribution is 8.26. The van der Waals surface area contributed by atoms with Crippen molar-refractivity contribution in [1.82, 2.24) is 19.2 Å². The topological polar surface area (TPSA) is 61.2 Å². The van der Waals surface area contributed by atoms with Crippen LogP contribution in [0.5, 0.6) is 0 Å². The first-order chi connectivity index (χ1) is 19.4. The van der Waals surface area contributed by atoms with Crippen molar-refractivity contribution >= 4 is 51.7 Å². The zero-order chi connectivity index (χ0) is 28.1. The summed E-state index contributed by atoms with van der Waals surface area (Å²) in [5.41, 5.74) is 3.15. The maximum Gasteiger partial charge on any atom is 0.267 e. The molecule has 0 spiro atoms. The Bertz CT molecular complexity index is 1460. The molecule has 2 aliphatic heterocycles. The van der Waals surface area contributed by atoms with Crippen LogP contribution in [0.25, 0.3) is 11.7 Å². The second-order valence-corrected chi connectivity index (χ2v) is 12.3. The number of aryl methyl sites for hydroxylation is 1. The van der Waals surface area contributed by atoms with Gasteiger partial charge in [0.25, 0.3) is 11.5 Å². The second kappa shape index (κ2) is 13.1. The number of aromatic nitrogens is 2. The Morgan fingerprint density at radius 3 is 2.48 bits per heavy atom. The molecule has 9 heteroatoms. The van der Waals surface area contributed by atoms with Gasteiger partial charge in [0.05, 0.1) is 10.5 Å². The van der Waals surface area contributed by atoms with Gasteiger partial charge in [-0.1, -0.05) is 93.0 Å². The molecule has 2 saturated heterocycles. The molecule has 2 aromatic heterocycles. The first kappa shape index (κ1) is 28.5. The molecule has 0 bridgehead atoms. The quantitative estimate of drug-likeness (QED) is 0.180. The van der Waals surface area contributed by atoms with E-state index in [1.807, 2.05) is 31.3 Å². The molecule has 1 aromatic carbocycles. The van der Waals surface area contributed by atoms with E-state index in [0.717, 1.165) is 51.1 Å². The number of thiocarbonyl (C=S) groups is 1. The van der Waals surface area contributed by atoms with E-state index in [4.69, 9.17) is 17.2 Å². The monoisotopic (exact) mass is 575 g/mol. The molecule has 1 amide bonds. The largest absolute Gasteiger partial charge is 0.353 e. The molecule has 3 aromatic rings. The van der Waals surface area contributed by atoms with E-state index in [-0.39, 0.29) is 11.5 Å². The van der Waals surface area contributed by atoms with Gasteiger partial charge in [-0.2, -0.15) is 0 Å². The zero-order valence-electron chi connectivity index (χ0n) is 23.3. The number of nitrogens with zero attached hydrogens (tertiary/aromatic N) is 5. The molecule has 4 heterocycles. The van der Waals surface area contributed by atoms with Crippen LogP contribution in [0.4, 0.5) is 5.82 Å². The summed E-state index contributed by atoms with van der Waals surface area (Å²) < 4.78 is 2.15. The number of fused-ring (bicyclic) bond motifs is 1. The fraction of sp³-hybridized carbons (Fsp3) is 0.419. The fourth-order valence-corrected chi connectivity index (χ4v) is 6.56. The number of hydrogen-bond acceptors (Lipinski definition) is 7. The fourth-order valence-electron chi connectivity index (χ4n) is 5.27. The van der Waals surface area contributed by atoms with Gasteiger partial charge in [-0.05, 0) is 36.6 Å². The molecule has 5 rings (SSSR count). The third kappa shape index (κ3) is 6.48. The van der Waals surface area contributed by atoms with Crippen molar-refractivity contribution in [2.45, 2.75) is 52.5 Å². The minimum atomic E-state index is -0.166. The SMILES string of the molecule is CCCCCCCN1C(=O)/C(=C\c2c(N3CCN(Cc4ccccc4)CC3)nc3ccc(C)cn3c2=O)SC1=S. The van der Waals surface area contributed by atoms with E-state index < -0.39 is 0 Å². The molecule has 0 unspecified atom stereocenters. The molecule has 2 aliphatic rings. The van der Waals surface area contributed by atoms with Crippen molar-refractivity contribution in [3.8, 4) is 0 Å². The minimum Gasteiger partial charge on any atom is -0.353 e. The van der Waals surface area contributed by atoms with Crippen molar-refractivity contribution in [1.29, 1.82) is 0 Å². The molecule has 2 fully saturated rings. The van der Waals surface area contributed by atoms with Gasteiger partial charge in [-0.3, -0.25) is 23.8 Å². The summed E-state index contributed by atoms with van der Waals surface area (Å²) in [5.74, 6) is 0.524. The van der Waals surface area contributed by atoms with Crippen molar-refractivity contribution in [2.24, 2.45) is 0 Å². The van der Waals surface area contributed by atoms with Crippen LogP contribution >= 0.6 is 24.0 Å². The Hall–Kier alpha value is -3.01. The lowest BCUT2D eigenvalue weighted by atomic mass is 10.1. The maximum atomic E-state index is 13.9. The van der Waals surface area contributed by atoms with Crippen molar-refractivity contribution < 1.29 is 4.79 Å². The van der Waals surface area contributed by atoms with Gasteiger partial charge < -0.3 is 4.90 Å². The lowest BCUT2D eigenvalue weighted by molar-refractivity contribution is -0.122. The Morgan fingerprint density at radius 2 is 1.73 bits per heavy atom. The third-order valence-electron chi connectivity index (χ3n) is 7.54. The summed E-state index contributed by atoms with van der Waals surface area (Å²) in [6.45, 7) is 8.90. The van der Waals surface area contributed by atoms with Gasteiger partial charge in [-0.15, -0.1) is 0 Å². The molecule has 0 N–H and O–H groups in total. The van der Waals surface area contributed by atoms with Crippen molar-refractivity contribution in [3.05, 3.63) is 80.6 Å². The Morgan fingerprint density at radius 1 is 0.975 bits per heavy atom. The highest BCUT2D eigenvalue weighted by Gasteiger charge is 2.33. The highest BCUT2D eigenvalue weighted by atomic mass is 32.2.